The van der Waals surface area contributed by atoms with Crippen LogP contribution in [0.25, 0.3) is 55.8 Å². The molecule has 43 heavy (non-hydrogen) atoms. The van der Waals surface area contributed by atoms with Gasteiger partial charge in [-0.2, -0.15) is 5.26 Å². The molecule has 1 heterocycles. The number of rotatable bonds is 2. The summed E-state index contributed by atoms with van der Waals surface area (Å²) in [6.07, 6.45) is 0. The maximum absolute atomic E-state index is 9.61. The Bertz CT molecular complexity index is 2280. The summed E-state index contributed by atoms with van der Waals surface area (Å²) in [5, 5.41) is 10.6. The van der Waals surface area contributed by atoms with Gasteiger partial charge in [-0.1, -0.05) is 121 Å². The van der Waals surface area contributed by atoms with Crippen LogP contribution in [0.5, 0.6) is 0 Å². The van der Waals surface area contributed by atoms with Gasteiger partial charge in [0.1, 0.15) is 0 Å². The van der Waals surface area contributed by atoms with Crippen LogP contribution in [0.4, 0.5) is 0 Å². The lowest BCUT2D eigenvalue weighted by atomic mass is 9.70. The number of nitrogens with zero attached hydrogens (tertiary/aromatic N) is 3. The predicted molar refractivity (Wildman–Crippen MR) is 171 cm³/mol. The summed E-state index contributed by atoms with van der Waals surface area (Å²) in [6.45, 7) is 0. The third kappa shape index (κ3) is 3.13. The van der Waals surface area contributed by atoms with Gasteiger partial charge in [-0.05, 0) is 62.7 Å². The van der Waals surface area contributed by atoms with Crippen molar-refractivity contribution in [3.8, 4) is 51.0 Å². The quantitative estimate of drug-likeness (QED) is 0.218. The molecule has 9 rings (SSSR count). The Labute approximate surface area is 249 Å². The highest BCUT2D eigenvalue weighted by atomic mass is 14.9. The van der Waals surface area contributed by atoms with Crippen LogP contribution >= 0.6 is 0 Å². The van der Waals surface area contributed by atoms with Crippen molar-refractivity contribution < 1.29 is 0 Å². The molecule has 0 N–H and O–H groups in total. The van der Waals surface area contributed by atoms with Crippen molar-refractivity contribution in [1.29, 1.82) is 5.26 Å². The van der Waals surface area contributed by atoms with Crippen LogP contribution in [-0.2, 0) is 5.41 Å². The van der Waals surface area contributed by atoms with Gasteiger partial charge >= 0.3 is 0 Å². The fraction of sp³-hybridized carbons (Fsp3) is 0.0250. The Morgan fingerprint density at radius 1 is 0.512 bits per heavy atom. The van der Waals surface area contributed by atoms with Crippen molar-refractivity contribution in [2.45, 2.75) is 5.41 Å². The Morgan fingerprint density at radius 3 is 1.84 bits per heavy atom. The number of hydrogen-bond donors (Lipinski definition) is 0. The molecule has 0 aliphatic heterocycles. The second kappa shape index (κ2) is 8.82. The lowest BCUT2D eigenvalue weighted by Gasteiger charge is -2.30. The zero-order chi connectivity index (χ0) is 28.5. The van der Waals surface area contributed by atoms with Gasteiger partial charge in [-0.3, -0.25) is 0 Å². The fourth-order valence-corrected chi connectivity index (χ4v) is 7.48. The topological polar surface area (TPSA) is 49.6 Å². The van der Waals surface area contributed by atoms with Gasteiger partial charge in [0.2, 0.25) is 0 Å². The lowest BCUT2D eigenvalue weighted by Crippen LogP contribution is -2.25. The third-order valence-electron chi connectivity index (χ3n) is 9.13. The summed E-state index contributed by atoms with van der Waals surface area (Å²) >= 11 is 0. The Morgan fingerprint density at radius 2 is 1.09 bits per heavy atom. The van der Waals surface area contributed by atoms with Crippen molar-refractivity contribution in [2.24, 2.45) is 0 Å². The average molecular weight is 546 g/mol. The molecule has 0 bridgehead atoms. The molecule has 0 amide bonds. The van der Waals surface area contributed by atoms with Crippen molar-refractivity contribution in [3.05, 3.63) is 167 Å². The van der Waals surface area contributed by atoms with Crippen molar-refractivity contribution in [3.63, 3.8) is 0 Å². The summed E-state index contributed by atoms with van der Waals surface area (Å²) in [4.78, 5) is 10.4. The smallest absolute Gasteiger partial charge is 0.161 e. The number of aromatic nitrogens is 2. The molecule has 3 nitrogen and oxygen atoms in total. The zero-order valence-electron chi connectivity index (χ0n) is 23.1. The van der Waals surface area contributed by atoms with Gasteiger partial charge < -0.3 is 0 Å². The zero-order valence-corrected chi connectivity index (χ0v) is 23.1. The first kappa shape index (κ1) is 23.8. The highest BCUT2D eigenvalue weighted by Crippen LogP contribution is 2.63. The number of nitriles is 1. The summed E-state index contributed by atoms with van der Waals surface area (Å²) in [6, 6.07) is 51.2. The maximum Gasteiger partial charge on any atom is 0.161 e. The monoisotopic (exact) mass is 545 g/mol. The maximum atomic E-state index is 9.61. The van der Waals surface area contributed by atoms with E-state index in [1.54, 1.807) is 0 Å². The number of fused-ring (bicyclic) bond motifs is 11. The van der Waals surface area contributed by atoms with Crippen LogP contribution < -0.4 is 0 Å². The minimum atomic E-state index is -0.421. The molecule has 7 aromatic rings. The molecule has 0 fully saturated rings. The molecule has 6 aromatic carbocycles. The van der Waals surface area contributed by atoms with E-state index >= 15 is 0 Å². The van der Waals surface area contributed by atoms with Crippen LogP contribution in [0.2, 0.25) is 0 Å². The Hall–Kier alpha value is -5.85. The lowest BCUT2D eigenvalue weighted by molar-refractivity contribution is 0.794. The molecule has 0 atom stereocenters. The molecule has 2 aliphatic carbocycles. The molecule has 1 spiro atoms. The highest BCUT2D eigenvalue weighted by molar-refractivity contribution is 6.00. The largest absolute Gasteiger partial charge is 0.228 e. The van der Waals surface area contributed by atoms with Gasteiger partial charge in [-0.25, -0.2) is 9.97 Å². The van der Waals surface area contributed by atoms with Crippen LogP contribution in [0.1, 0.15) is 27.8 Å². The summed E-state index contributed by atoms with van der Waals surface area (Å²) < 4.78 is 0. The van der Waals surface area contributed by atoms with Crippen LogP contribution in [0.3, 0.4) is 0 Å². The number of benzene rings is 6. The van der Waals surface area contributed by atoms with Crippen molar-refractivity contribution >= 4 is 10.9 Å². The van der Waals surface area contributed by atoms with E-state index in [0.29, 0.717) is 11.4 Å². The van der Waals surface area contributed by atoms with Crippen molar-refractivity contribution in [1.82, 2.24) is 9.97 Å². The molecule has 0 radical (unpaired) electrons. The van der Waals surface area contributed by atoms with E-state index in [2.05, 4.69) is 103 Å². The van der Waals surface area contributed by atoms with Crippen molar-refractivity contribution in [2.75, 3.05) is 0 Å². The molecule has 198 valence electrons. The summed E-state index contributed by atoms with van der Waals surface area (Å²) in [5.74, 6) is 0.680. The predicted octanol–water partition coefficient (Wildman–Crippen LogP) is 9.18. The van der Waals surface area contributed by atoms with Crippen LogP contribution in [-0.4, -0.2) is 9.97 Å². The Balaban J connectivity index is 1.38. The van der Waals surface area contributed by atoms with Gasteiger partial charge in [0.05, 0.1) is 28.3 Å². The van der Waals surface area contributed by atoms with Crippen LogP contribution in [0, 0.1) is 11.3 Å². The van der Waals surface area contributed by atoms with Gasteiger partial charge in [0.25, 0.3) is 0 Å². The molecule has 0 unspecified atom stereocenters. The average Bonchev–Trinajstić information content (AvgIpc) is 3.55. The molecular formula is C40H23N3. The summed E-state index contributed by atoms with van der Waals surface area (Å²) in [7, 11) is 0. The van der Waals surface area contributed by atoms with E-state index in [-0.39, 0.29) is 0 Å². The second-order valence-corrected chi connectivity index (χ2v) is 11.2. The number of para-hydroxylation sites is 1. The standard InChI is InChI=1S/C40H23N3/c41-24-25-11-9-12-26(23-25)38-30-16-4-8-22-36(30)42-39(43-38)31-17-10-21-35-37(31)29-15-3-7-20-34(29)40(35)32-18-5-1-13-27(32)28-14-2-6-19-33(28)40/h1-23H. The van der Waals surface area contributed by atoms with Crippen LogP contribution in [0.15, 0.2) is 140 Å². The molecule has 3 heteroatoms. The van der Waals surface area contributed by atoms with Gasteiger partial charge in [0.15, 0.2) is 5.82 Å². The highest BCUT2D eigenvalue weighted by Gasteiger charge is 2.52. The SMILES string of the molecule is N#Cc1cccc(-c2nc(-c3cccc4c3-c3ccccc3C43c4ccccc4-c4ccccc43)nc3ccccc23)c1. The second-order valence-electron chi connectivity index (χ2n) is 11.2. The minimum absolute atomic E-state index is 0.421. The molecule has 0 saturated heterocycles. The molecule has 2 aliphatic rings. The minimum Gasteiger partial charge on any atom is -0.228 e. The van der Waals surface area contributed by atoms with E-state index in [9.17, 15) is 5.26 Å². The van der Waals surface area contributed by atoms with E-state index < -0.39 is 5.41 Å². The first-order chi connectivity index (χ1) is 21.3. The number of hydrogen-bond acceptors (Lipinski definition) is 3. The normalized spacial score (nSPS) is 13.3. The molecular weight excluding hydrogens is 522 g/mol. The van der Waals surface area contributed by atoms with Gasteiger partial charge in [0, 0.05) is 16.5 Å². The fourth-order valence-electron chi connectivity index (χ4n) is 7.48. The third-order valence-corrected chi connectivity index (χ3v) is 9.13. The molecule has 0 saturated carbocycles. The first-order valence-corrected chi connectivity index (χ1v) is 14.5. The van der Waals surface area contributed by atoms with E-state index in [0.717, 1.165) is 27.7 Å². The van der Waals surface area contributed by atoms with E-state index in [4.69, 9.17) is 9.97 Å². The summed E-state index contributed by atoms with van der Waals surface area (Å²) in [5.41, 5.74) is 13.9. The first-order valence-electron chi connectivity index (χ1n) is 14.5. The van der Waals surface area contributed by atoms with Gasteiger partial charge in [-0.15, -0.1) is 0 Å². The van der Waals surface area contributed by atoms with E-state index in [1.165, 1.54) is 44.5 Å². The Kier molecular flexibility index (Phi) is 4.89. The molecule has 1 aromatic heterocycles. The van der Waals surface area contributed by atoms with E-state index in [1.807, 2.05) is 42.5 Å².